The lowest BCUT2D eigenvalue weighted by Gasteiger charge is -2.61. The van der Waals surface area contributed by atoms with Crippen LogP contribution in [-0.4, -0.2) is 53.4 Å². The van der Waals surface area contributed by atoms with Gasteiger partial charge in [-0.1, -0.05) is 0 Å². The van der Waals surface area contributed by atoms with Crippen molar-refractivity contribution in [3.05, 3.63) is 0 Å². The van der Waals surface area contributed by atoms with Crippen LogP contribution in [0.3, 0.4) is 0 Å². The van der Waals surface area contributed by atoms with Gasteiger partial charge in [0.15, 0.2) is 0 Å². The van der Waals surface area contributed by atoms with Crippen molar-refractivity contribution in [3.8, 4) is 0 Å². The molecule has 0 aliphatic heterocycles. The summed E-state index contributed by atoms with van der Waals surface area (Å²) in [5.74, 6) is -6.18. The predicted molar refractivity (Wildman–Crippen MR) is 42.7 cm³/mol. The molecule has 6 nitrogen and oxygen atoms in total. The van der Waals surface area contributed by atoms with E-state index in [0.717, 1.165) is 0 Å². The Balaban J connectivity index is 2.52. The summed E-state index contributed by atoms with van der Waals surface area (Å²) in [7, 11) is 0. The van der Waals surface area contributed by atoms with Crippen molar-refractivity contribution in [3.63, 3.8) is 0 Å². The molecule has 0 spiro atoms. The number of hydrogen-bond acceptors (Lipinski definition) is 6. The maximum atomic E-state index is 9.76. The maximum Gasteiger partial charge on any atom is 0.251 e. The highest BCUT2D eigenvalue weighted by Crippen LogP contribution is 2.55. The molecule has 3 fully saturated rings. The van der Waals surface area contributed by atoms with Crippen LogP contribution < -0.4 is 0 Å². The Hall–Kier alpha value is -0.240. The largest absolute Gasteiger partial charge is 0.384 e. The Bertz CT molecular complexity index is 235. The summed E-state index contributed by atoms with van der Waals surface area (Å²) in [6.07, 6.45) is -0.280. The zero-order chi connectivity index (χ0) is 10.8. The standard InChI is InChI=1S/C8H14O6/c9-5-1-2-6(10,4-3-5)8(13,14)7(5,11)12/h9-14H,1-4H2. The molecule has 6 heteroatoms. The number of rotatable bonds is 0. The van der Waals surface area contributed by atoms with E-state index < -0.39 is 22.8 Å². The van der Waals surface area contributed by atoms with Gasteiger partial charge in [0.05, 0.1) is 0 Å². The van der Waals surface area contributed by atoms with E-state index in [-0.39, 0.29) is 25.7 Å². The van der Waals surface area contributed by atoms with E-state index in [1.165, 1.54) is 0 Å². The quantitative estimate of drug-likeness (QED) is 0.242. The van der Waals surface area contributed by atoms with Crippen LogP contribution in [0.15, 0.2) is 0 Å². The monoisotopic (exact) mass is 206 g/mol. The van der Waals surface area contributed by atoms with E-state index in [9.17, 15) is 30.6 Å². The van der Waals surface area contributed by atoms with Gasteiger partial charge >= 0.3 is 0 Å². The van der Waals surface area contributed by atoms with Gasteiger partial charge in [-0.25, -0.2) is 0 Å². The van der Waals surface area contributed by atoms with Crippen LogP contribution in [0.1, 0.15) is 25.7 Å². The molecular weight excluding hydrogens is 192 g/mol. The van der Waals surface area contributed by atoms with Gasteiger partial charge in [-0.3, -0.25) is 0 Å². The van der Waals surface area contributed by atoms with E-state index in [1.54, 1.807) is 0 Å². The molecule has 0 atom stereocenters. The first-order chi connectivity index (χ1) is 6.16. The molecule has 3 aliphatic rings. The van der Waals surface area contributed by atoms with E-state index in [4.69, 9.17) is 0 Å². The minimum absolute atomic E-state index is 0.0701. The third kappa shape index (κ3) is 0.820. The highest BCUT2D eigenvalue weighted by molar-refractivity contribution is 5.18. The van der Waals surface area contributed by atoms with Crippen molar-refractivity contribution in [2.45, 2.75) is 48.5 Å². The minimum Gasteiger partial charge on any atom is -0.384 e. The molecule has 3 rings (SSSR count). The molecule has 82 valence electrons. The maximum absolute atomic E-state index is 9.76. The van der Waals surface area contributed by atoms with Crippen LogP contribution in [0.4, 0.5) is 0 Å². The zero-order valence-corrected chi connectivity index (χ0v) is 7.51. The van der Waals surface area contributed by atoms with E-state index in [2.05, 4.69) is 0 Å². The molecule has 0 radical (unpaired) electrons. The summed E-state index contributed by atoms with van der Waals surface area (Å²) in [6.45, 7) is 0. The van der Waals surface area contributed by atoms with Gasteiger partial charge < -0.3 is 30.6 Å². The van der Waals surface area contributed by atoms with Gasteiger partial charge in [0, 0.05) is 0 Å². The molecule has 0 aromatic rings. The Labute approximate surface area is 80.0 Å². The Kier molecular flexibility index (Phi) is 1.68. The topological polar surface area (TPSA) is 121 Å². The second-order valence-electron chi connectivity index (χ2n) is 4.41. The first kappa shape index (κ1) is 10.3. The fourth-order valence-corrected chi connectivity index (χ4v) is 2.42. The van der Waals surface area contributed by atoms with Crippen molar-refractivity contribution < 1.29 is 30.6 Å². The first-order valence-electron chi connectivity index (χ1n) is 4.51. The minimum atomic E-state index is -3.09. The predicted octanol–water partition coefficient (Wildman–Crippen LogP) is -2.60. The lowest BCUT2D eigenvalue weighted by molar-refractivity contribution is -0.485. The second kappa shape index (κ2) is 2.29. The van der Waals surface area contributed by atoms with Crippen LogP contribution >= 0.6 is 0 Å². The van der Waals surface area contributed by atoms with Crippen molar-refractivity contribution in [2.24, 2.45) is 0 Å². The van der Waals surface area contributed by atoms with Gasteiger partial charge in [-0.2, -0.15) is 0 Å². The highest BCUT2D eigenvalue weighted by atomic mass is 16.6. The Morgan fingerprint density at radius 2 is 0.714 bits per heavy atom. The number of hydrogen-bond donors (Lipinski definition) is 6. The molecule has 0 aromatic heterocycles. The summed E-state index contributed by atoms with van der Waals surface area (Å²) in [5, 5.41) is 57.4. The average molecular weight is 206 g/mol. The molecule has 6 N–H and O–H groups in total. The van der Waals surface area contributed by atoms with Crippen LogP contribution in [0.5, 0.6) is 0 Å². The SMILES string of the molecule is OC12CCC(O)(CC1)C(O)(O)C2(O)O. The lowest BCUT2D eigenvalue weighted by atomic mass is 9.58. The van der Waals surface area contributed by atoms with Gasteiger partial charge in [-0.15, -0.1) is 0 Å². The van der Waals surface area contributed by atoms with Crippen LogP contribution in [-0.2, 0) is 0 Å². The summed E-state index contributed by atoms with van der Waals surface area (Å²) >= 11 is 0. The lowest BCUT2D eigenvalue weighted by Crippen LogP contribution is -2.82. The van der Waals surface area contributed by atoms with Crippen molar-refractivity contribution in [2.75, 3.05) is 0 Å². The van der Waals surface area contributed by atoms with Gasteiger partial charge in [0.2, 0.25) is 0 Å². The van der Waals surface area contributed by atoms with Crippen LogP contribution in [0.2, 0.25) is 0 Å². The molecule has 3 saturated carbocycles. The van der Waals surface area contributed by atoms with Crippen molar-refractivity contribution in [1.29, 1.82) is 0 Å². The smallest absolute Gasteiger partial charge is 0.251 e. The molecule has 2 bridgehead atoms. The normalized spacial score (nSPS) is 49.3. The second-order valence-corrected chi connectivity index (χ2v) is 4.41. The molecule has 0 aromatic carbocycles. The summed E-state index contributed by atoms with van der Waals surface area (Å²) < 4.78 is 0. The zero-order valence-electron chi connectivity index (χ0n) is 7.51. The molecular formula is C8H14O6. The molecule has 3 aliphatic carbocycles. The van der Waals surface area contributed by atoms with Crippen LogP contribution in [0.25, 0.3) is 0 Å². The van der Waals surface area contributed by atoms with Gasteiger partial charge in [0.25, 0.3) is 11.6 Å². The highest BCUT2D eigenvalue weighted by Gasteiger charge is 2.76. The number of fused-ring (bicyclic) bond motifs is 3. The summed E-state index contributed by atoms with van der Waals surface area (Å²) in [5.41, 5.74) is -3.91. The van der Waals surface area contributed by atoms with E-state index in [1.807, 2.05) is 0 Å². The first-order valence-corrected chi connectivity index (χ1v) is 4.51. The molecule has 0 heterocycles. The molecule has 14 heavy (non-hydrogen) atoms. The molecule has 0 unspecified atom stereocenters. The van der Waals surface area contributed by atoms with Crippen molar-refractivity contribution >= 4 is 0 Å². The summed E-state index contributed by atoms with van der Waals surface area (Å²) in [6, 6.07) is 0. The van der Waals surface area contributed by atoms with Crippen molar-refractivity contribution in [1.82, 2.24) is 0 Å². The molecule has 0 amide bonds. The fourth-order valence-electron chi connectivity index (χ4n) is 2.42. The third-order valence-corrected chi connectivity index (χ3v) is 3.69. The van der Waals surface area contributed by atoms with Crippen LogP contribution in [0, 0.1) is 0 Å². The fraction of sp³-hybridized carbons (Fsp3) is 1.00. The van der Waals surface area contributed by atoms with Gasteiger partial charge in [0.1, 0.15) is 11.2 Å². The number of aliphatic hydroxyl groups is 6. The average Bonchev–Trinajstić information content (AvgIpc) is 2.07. The summed E-state index contributed by atoms with van der Waals surface area (Å²) in [4.78, 5) is 0. The Morgan fingerprint density at radius 1 is 0.500 bits per heavy atom. The van der Waals surface area contributed by atoms with Gasteiger partial charge in [-0.05, 0) is 25.7 Å². The van der Waals surface area contributed by atoms with E-state index in [0.29, 0.717) is 0 Å². The molecule has 0 saturated heterocycles. The third-order valence-electron chi connectivity index (χ3n) is 3.69. The Morgan fingerprint density at radius 3 is 0.929 bits per heavy atom. The van der Waals surface area contributed by atoms with E-state index >= 15 is 0 Å².